The number of benzene rings is 1. The predicted octanol–water partition coefficient (Wildman–Crippen LogP) is 3.31. The fourth-order valence-electron chi connectivity index (χ4n) is 3.19. The molecule has 1 N–H and O–H groups in total. The summed E-state index contributed by atoms with van der Waals surface area (Å²) in [6.45, 7) is 8.36. The van der Waals surface area contributed by atoms with Crippen LogP contribution >= 0.6 is 0 Å². The Morgan fingerprint density at radius 2 is 1.50 bits per heavy atom. The first kappa shape index (κ1) is 19.8. The summed E-state index contributed by atoms with van der Waals surface area (Å²) in [5.41, 5.74) is 1.53. The van der Waals surface area contributed by atoms with Crippen LogP contribution in [0.4, 0.5) is 0 Å². The molecule has 0 amide bonds. The molecule has 5 heteroatoms. The van der Waals surface area contributed by atoms with Crippen LogP contribution in [0.5, 0.6) is 5.75 Å². The molecule has 0 heterocycles. The molecule has 0 atom stereocenters. The van der Waals surface area contributed by atoms with Crippen LogP contribution < -0.4 is 4.74 Å². The maximum atomic E-state index is 12.7. The van der Waals surface area contributed by atoms with Gasteiger partial charge in [-0.15, -0.1) is 0 Å². The molecule has 0 bridgehead atoms. The van der Waals surface area contributed by atoms with Gasteiger partial charge in [-0.1, -0.05) is 26.0 Å². The number of rotatable bonds is 5. The summed E-state index contributed by atoms with van der Waals surface area (Å²) in [6, 6.07) is 6.54. The first-order chi connectivity index (χ1) is 12.1. The van der Waals surface area contributed by atoms with Gasteiger partial charge in [0.2, 0.25) is 0 Å². The molecule has 0 unspecified atom stereocenters. The molecule has 0 saturated heterocycles. The van der Waals surface area contributed by atoms with E-state index in [1.807, 2.05) is 0 Å². The van der Waals surface area contributed by atoms with Crippen LogP contribution in [-0.2, 0) is 21.0 Å². The molecule has 26 heavy (non-hydrogen) atoms. The molecular formula is C21H24O5. The number of allylic oxidation sites excluding steroid dienone is 4. The van der Waals surface area contributed by atoms with Gasteiger partial charge >= 0.3 is 5.97 Å². The highest BCUT2D eigenvalue weighted by molar-refractivity contribution is 6.25. The lowest BCUT2D eigenvalue weighted by molar-refractivity contribution is -0.136. The Morgan fingerprint density at radius 3 is 2.04 bits per heavy atom. The van der Waals surface area contributed by atoms with Crippen molar-refractivity contribution in [1.29, 1.82) is 0 Å². The van der Waals surface area contributed by atoms with Crippen LogP contribution in [0.1, 0.15) is 46.6 Å². The molecule has 1 aromatic carbocycles. The van der Waals surface area contributed by atoms with E-state index in [4.69, 9.17) is 9.84 Å². The lowest BCUT2D eigenvalue weighted by Gasteiger charge is -2.31. The van der Waals surface area contributed by atoms with Gasteiger partial charge < -0.3 is 9.84 Å². The second-order valence-corrected chi connectivity index (χ2v) is 7.25. The third-order valence-electron chi connectivity index (χ3n) is 4.79. The van der Waals surface area contributed by atoms with Crippen molar-refractivity contribution >= 4 is 17.5 Å². The van der Waals surface area contributed by atoms with E-state index in [1.54, 1.807) is 58.9 Å². The summed E-state index contributed by atoms with van der Waals surface area (Å²) in [7, 11) is 0. The Bertz CT molecular complexity index is 822. The molecule has 0 spiro atoms. The number of Topliss-reactive ketones (excluding diaryl/α,β-unsaturated/α-hetero) is 2. The third kappa shape index (κ3) is 3.83. The highest BCUT2D eigenvalue weighted by atomic mass is 16.5. The van der Waals surface area contributed by atoms with Gasteiger partial charge in [0.1, 0.15) is 5.75 Å². The van der Waals surface area contributed by atoms with E-state index in [-0.39, 0.29) is 24.6 Å². The van der Waals surface area contributed by atoms with Crippen molar-refractivity contribution in [1.82, 2.24) is 0 Å². The Hall–Kier alpha value is -2.53. The fraction of sp³-hybridized carbons (Fsp3) is 0.381. The van der Waals surface area contributed by atoms with Crippen molar-refractivity contribution in [2.24, 2.45) is 5.41 Å². The van der Waals surface area contributed by atoms with Gasteiger partial charge in [-0.2, -0.15) is 0 Å². The fourth-order valence-corrected chi connectivity index (χ4v) is 3.19. The largest absolute Gasteiger partial charge is 0.427 e. The molecule has 2 rings (SSSR count). The summed E-state index contributed by atoms with van der Waals surface area (Å²) in [4.78, 5) is 37.4. The number of hydrogen-bond donors (Lipinski definition) is 1. The van der Waals surface area contributed by atoms with Crippen LogP contribution in [0, 0.1) is 5.41 Å². The number of aliphatic hydroxyl groups excluding tert-OH is 1. The Morgan fingerprint density at radius 1 is 0.962 bits per heavy atom. The van der Waals surface area contributed by atoms with Crippen molar-refractivity contribution in [3.63, 3.8) is 0 Å². The monoisotopic (exact) mass is 356 g/mol. The number of carbonyl (C=O) groups is 3. The summed E-state index contributed by atoms with van der Waals surface area (Å²) in [5, 5.41) is 9.04. The van der Waals surface area contributed by atoms with E-state index >= 15 is 0 Å². The zero-order valence-electron chi connectivity index (χ0n) is 15.8. The minimum atomic E-state index is -0.832. The molecular weight excluding hydrogens is 332 g/mol. The third-order valence-corrected chi connectivity index (χ3v) is 4.79. The minimum absolute atomic E-state index is 0.0349. The standard InChI is InChI=1S/C21H24O5/c1-12-13(2)20(25)18(14(3)19(12)24)21(4,5)10-17(23)26-16-8-6-15(11-22)7-9-16/h6-9,22H,10-11H2,1-5H3. The highest BCUT2D eigenvalue weighted by Crippen LogP contribution is 2.39. The molecule has 1 aliphatic rings. The van der Waals surface area contributed by atoms with Gasteiger partial charge in [0, 0.05) is 27.7 Å². The van der Waals surface area contributed by atoms with Crippen molar-refractivity contribution in [2.45, 2.75) is 47.6 Å². The molecule has 1 aliphatic carbocycles. The smallest absolute Gasteiger partial charge is 0.312 e. The van der Waals surface area contributed by atoms with Crippen LogP contribution in [0.25, 0.3) is 0 Å². The van der Waals surface area contributed by atoms with E-state index < -0.39 is 11.4 Å². The molecule has 0 aliphatic heterocycles. The van der Waals surface area contributed by atoms with Crippen LogP contribution in [-0.4, -0.2) is 22.6 Å². The van der Waals surface area contributed by atoms with Crippen molar-refractivity contribution in [3.05, 3.63) is 52.1 Å². The Kier molecular flexibility index (Phi) is 5.62. The lowest BCUT2D eigenvalue weighted by Crippen LogP contribution is -2.32. The highest BCUT2D eigenvalue weighted by Gasteiger charge is 2.38. The van der Waals surface area contributed by atoms with Crippen molar-refractivity contribution < 1.29 is 24.2 Å². The van der Waals surface area contributed by atoms with Gasteiger partial charge in [-0.25, -0.2) is 0 Å². The Labute approximate surface area is 153 Å². The van der Waals surface area contributed by atoms with Gasteiger partial charge in [-0.3, -0.25) is 14.4 Å². The molecule has 0 radical (unpaired) electrons. The van der Waals surface area contributed by atoms with E-state index in [2.05, 4.69) is 0 Å². The average Bonchev–Trinajstić information content (AvgIpc) is 2.58. The summed E-state index contributed by atoms with van der Waals surface area (Å²) >= 11 is 0. The average molecular weight is 356 g/mol. The molecule has 0 aromatic heterocycles. The van der Waals surface area contributed by atoms with Crippen LogP contribution in [0.3, 0.4) is 0 Å². The zero-order valence-corrected chi connectivity index (χ0v) is 15.8. The van der Waals surface area contributed by atoms with Crippen molar-refractivity contribution in [2.75, 3.05) is 0 Å². The lowest BCUT2D eigenvalue weighted by atomic mass is 9.71. The predicted molar refractivity (Wildman–Crippen MR) is 97.5 cm³/mol. The zero-order chi connectivity index (χ0) is 19.6. The topological polar surface area (TPSA) is 80.7 Å². The molecule has 138 valence electrons. The number of ketones is 2. The molecule has 1 aromatic rings. The quantitative estimate of drug-likeness (QED) is 0.497. The normalized spacial score (nSPS) is 15.6. The van der Waals surface area contributed by atoms with Crippen LogP contribution in [0.15, 0.2) is 46.6 Å². The first-order valence-corrected chi connectivity index (χ1v) is 8.47. The number of ether oxygens (including phenoxy) is 1. The first-order valence-electron chi connectivity index (χ1n) is 8.47. The van der Waals surface area contributed by atoms with E-state index in [1.165, 1.54) is 0 Å². The summed E-state index contributed by atoms with van der Waals surface area (Å²) in [6.07, 6.45) is -0.0349. The van der Waals surface area contributed by atoms with Gasteiger partial charge in [0.25, 0.3) is 0 Å². The van der Waals surface area contributed by atoms with E-state index in [9.17, 15) is 14.4 Å². The second kappa shape index (κ2) is 7.38. The SMILES string of the molecule is CC1=C(C)C(=O)C(C(C)(C)CC(=O)Oc2ccc(CO)cc2)=C(C)C1=O. The summed E-state index contributed by atoms with van der Waals surface area (Å²) < 4.78 is 5.33. The van der Waals surface area contributed by atoms with Crippen molar-refractivity contribution in [3.8, 4) is 5.75 Å². The number of hydrogen-bond acceptors (Lipinski definition) is 5. The molecule has 5 nitrogen and oxygen atoms in total. The van der Waals surface area contributed by atoms with Gasteiger partial charge in [0.05, 0.1) is 13.0 Å². The number of carbonyl (C=O) groups excluding carboxylic acids is 3. The minimum Gasteiger partial charge on any atom is -0.427 e. The molecule has 0 fully saturated rings. The summed E-state index contributed by atoms with van der Waals surface area (Å²) in [5.74, 6) is -0.467. The van der Waals surface area contributed by atoms with E-state index in [0.29, 0.717) is 28.0 Å². The second-order valence-electron chi connectivity index (χ2n) is 7.25. The maximum absolute atomic E-state index is 12.7. The number of aliphatic hydroxyl groups is 1. The van der Waals surface area contributed by atoms with Gasteiger partial charge in [-0.05, 0) is 38.5 Å². The van der Waals surface area contributed by atoms with Gasteiger partial charge in [0.15, 0.2) is 11.6 Å². The van der Waals surface area contributed by atoms with E-state index in [0.717, 1.165) is 5.56 Å². The number of esters is 1. The Balaban J connectivity index is 2.20. The molecule has 0 saturated carbocycles. The maximum Gasteiger partial charge on any atom is 0.312 e. The van der Waals surface area contributed by atoms with Crippen LogP contribution in [0.2, 0.25) is 0 Å².